The van der Waals surface area contributed by atoms with E-state index >= 15 is 0 Å². The Hall–Kier alpha value is -3.09. The topological polar surface area (TPSA) is 123 Å². The number of hydrogen-bond donors (Lipinski definition) is 1. The molecule has 228 valence electrons. The minimum atomic E-state index is -1.01. The molecule has 3 aliphatic rings. The van der Waals surface area contributed by atoms with Gasteiger partial charge < -0.3 is 33.8 Å². The van der Waals surface area contributed by atoms with Crippen LogP contribution in [-0.2, 0) is 24.3 Å². The number of imidazole rings is 1. The molecule has 1 unspecified atom stereocenters. The smallest absolute Gasteiger partial charge is 0.254 e. The van der Waals surface area contributed by atoms with Crippen molar-refractivity contribution >= 4 is 62.7 Å². The van der Waals surface area contributed by atoms with Gasteiger partial charge in [0.1, 0.15) is 46.2 Å². The first-order chi connectivity index (χ1) is 21.0. The lowest BCUT2D eigenvalue weighted by Gasteiger charge is -2.27. The lowest BCUT2D eigenvalue weighted by Crippen LogP contribution is -2.41. The first-order valence-corrected chi connectivity index (χ1v) is 17.4. The Morgan fingerprint density at radius 3 is 2.57 bits per heavy atom. The molecule has 1 aliphatic heterocycles. The number of benzene rings is 1. The molecular weight excluding hydrogens is 573 g/mol. The van der Waals surface area contributed by atoms with Crippen molar-refractivity contribution in [3.05, 3.63) is 35.9 Å². The number of hydrogen-bond acceptors (Lipinski definition) is 7. The summed E-state index contributed by atoms with van der Waals surface area (Å²) < 4.78 is 28.7. The van der Waals surface area contributed by atoms with Gasteiger partial charge in [-0.05, 0) is 61.8 Å². The number of fused-ring (bicyclic) bond motifs is 4. The number of nitrogens with two attached hydrogens (primary N) is 1. The molecule has 2 aliphatic carbocycles. The average Bonchev–Trinajstić information content (AvgIpc) is 3.33. The van der Waals surface area contributed by atoms with Gasteiger partial charge in [-0.15, -0.1) is 0 Å². The number of aryl methyl sites for hydroxylation is 1. The predicted molar refractivity (Wildman–Crippen MR) is 181 cm³/mol. The number of carbonyl (C=O) groups is 1. The number of aromatic nitrogens is 4. The van der Waals surface area contributed by atoms with Crippen molar-refractivity contribution in [3.63, 3.8) is 0 Å². The Bertz CT molecular complexity index is 1750. The lowest BCUT2D eigenvalue weighted by atomic mass is 9.52. The van der Waals surface area contributed by atoms with Crippen molar-refractivity contribution in [2.45, 2.75) is 56.2 Å². The number of ether oxygens (including phenoxy) is 2. The highest BCUT2D eigenvalue weighted by atomic mass is 32.2. The van der Waals surface area contributed by atoms with Crippen molar-refractivity contribution in [3.8, 4) is 23.1 Å². The Morgan fingerprint density at radius 2 is 1.93 bits per heavy atom. The Morgan fingerprint density at radius 1 is 1.14 bits per heavy atom. The zero-order chi connectivity index (χ0) is 30.9. The van der Waals surface area contributed by atoms with Gasteiger partial charge in [0.2, 0.25) is 5.88 Å². The highest BCUT2D eigenvalue weighted by Gasteiger charge is 2.47. The molecule has 4 atom stereocenters. The van der Waals surface area contributed by atoms with E-state index in [9.17, 15) is 9.35 Å². The number of rotatable bonds is 10. The van der Waals surface area contributed by atoms with Crippen LogP contribution in [0.15, 0.2) is 30.3 Å². The maximum atomic E-state index is 13.8. The second-order valence-corrected chi connectivity index (χ2v) is 15.3. The van der Waals surface area contributed by atoms with E-state index in [0.717, 1.165) is 47.5 Å². The van der Waals surface area contributed by atoms with Gasteiger partial charge in [0.05, 0.1) is 31.1 Å². The predicted octanol–water partition coefficient (Wildman–Crippen LogP) is 0.301. The molecule has 0 radical (unpaired) electrons. The van der Waals surface area contributed by atoms with E-state index in [1.165, 1.54) is 12.8 Å². The van der Waals surface area contributed by atoms with Crippen LogP contribution in [0.4, 0.5) is 0 Å². The number of likely N-dealkylation sites (tertiary alicyclic amines) is 1. The summed E-state index contributed by atoms with van der Waals surface area (Å²) in [7, 11) is 7.67. The van der Waals surface area contributed by atoms with Crippen LogP contribution in [0.3, 0.4) is 0 Å². The largest absolute Gasteiger partial charge is 0.617 e. The molecule has 0 spiro atoms. The molecule has 1 saturated heterocycles. The second-order valence-electron chi connectivity index (χ2n) is 13.7. The molecule has 1 amide bonds. The Labute approximate surface area is 263 Å². The summed E-state index contributed by atoms with van der Waals surface area (Å²) in [6, 6.07) is 9.93. The van der Waals surface area contributed by atoms with Crippen LogP contribution in [0.25, 0.3) is 33.6 Å². The van der Waals surface area contributed by atoms with Gasteiger partial charge in [-0.1, -0.05) is 11.2 Å². The van der Waals surface area contributed by atoms with Crippen LogP contribution in [-0.4, -0.2) is 101 Å². The Kier molecular flexibility index (Phi) is 7.45. The minimum Gasteiger partial charge on any atom is -0.617 e. The van der Waals surface area contributed by atoms with Crippen molar-refractivity contribution in [1.29, 1.82) is 0 Å². The third-order valence-corrected chi connectivity index (χ3v) is 10.0. The normalized spacial score (nSPS) is 22.3. The zero-order valence-corrected chi connectivity index (χ0v) is 27.0. The highest BCUT2D eigenvalue weighted by Crippen LogP contribution is 2.40. The lowest BCUT2D eigenvalue weighted by molar-refractivity contribution is 0.0700. The molecule has 44 heavy (non-hydrogen) atoms. The standard InChI is InChI=1S/C30H39B3N6O4S/c1-42-23-13-19(29(40)39-15-18-5-7-21(39)25(18)34)11-20-26(23)37(9-10-44(2)41)28(35-20)22-12-17-6-8-24(43-30(31,32)33)36-27(17)38(22)14-16-3-4-16/h6,8,11-13,16,18,21,25H,3-5,7,9-10,14-15,31-34H2,1-2H3/t18-,21-,25-,44?/m1/s1. The summed E-state index contributed by atoms with van der Waals surface area (Å²) in [5.41, 5.74) is 10.2. The molecule has 3 fully saturated rings. The van der Waals surface area contributed by atoms with Crippen molar-refractivity contribution in [2.24, 2.45) is 17.6 Å². The van der Waals surface area contributed by atoms with Gasteiger partial charge in [0.25, 0.3) is 5.91 Å². The number of methoxy groups -OCH3 is 1. The second kappa shape index (κ2) is 11.1. The molecular formula is C30H39B3N6O4S. The summed E-state index contributed by atoms with van der Waals surface area (Å²) in [4.78, 5) is 25.9. The van der Waals surface area contributed by atoms with Crippen LogP contribution in [0, 0.1) is 11.8 Å². The van der Waals surface area contributed by atoms with Crippen LogP contribution in [0.1, 0.15) is 36.0 Å². The fourth-order valence-corrected chi connectivity index (χ4v) is 7.44. The third kappa shape index (κ3) is 5.39. The summed E-state index contributed by atoms with van der Waals surface area (Å²) in [5, 5.41) is 0.634. The van der Waals surface area contributed by atoms with E-state index in [4.69, 9.17) is 25.2 Å². The summed E-state index contributed by atoms with van der Waals surface area (Å²) in [5.74, 6) is 3.28. The maximum Gasteiger partial charge on any atom is 0.254 e. The molecule has 4 aromatic rings. The molecule has 3 aromatic heterocycles. The quantitative estimate of drug-likeness (QED) is 0.202. The third-order valence-electron chi connectivity index (χ3n) is 9.29. The average molecular weight is 612 g/mol. The van der Waals surface area contributed by atoms with Crippen LogP contribution in [0.5, 0.6) is 11.6 Å². The van der Waals surface area contributed by atoms with E-state index < -0.39 is 11.2 Å². The van der Waals surface area contributed by atoms with Crippen LogP contribution < -0.4 is 15.2 Å². The first kappa shape index (κ1) is 29.6. The van der Waals surface area contributed by atoms with E-state index in [-0.39, 0.29) is 23.3 Å². The summed E-state index contributed by atoms with van der Waals surface area (Å²) >= 11 is -1.01. The van der Waals surface area contributed by atoms with Crippen molar-refractivity contribution < 1.29 is 18.8 Å². The van der Waals surface area contributed by atoms with Crippen LogP contribution in [0.2, 0.25) is 0 Å². The molecule has 4 heterocycles. The van der Waals surface area contributed by atoms with Gasteiger partial charge in [0, 0.05) is 47.5 Å². The molecule has 7 rings (SSSR count). The summed E-state index contributed by atoms with van der Waals surface area (Å²) in [6.07, 6.45) is 6.11. The molecule has 14 heteroatoms. The van der Waals surface area contributed by atoms with E-state index in [1.807, 2.05) is 46.6 Å². The van der Waals surface area contributed by atoms with Gasteiger partial charge in [-0.25, -0.2) is 4.98 Å². The van der Waals surface area contributed by atoms with Crippen molar-refractivity contribution in [2.75, 3.05) is 25.7 Å². The Balaban J connectivity index is 1.37. The number of pyridine rings is 1. The maximum absolute atomic E-state index is 13.8. The number of carbonyl (C=O) groups excluding carboxylic acids is 1. The minimum absolute atomic E-state index is 0.0305. The number of amides is 1. The highest BCUT2D eigenvalue weighted by molar-refractivity contribution is 7.90. The number of piperidine rings is 1. The molecule has 2 N–H and O–H groups in total. The van der Waals surface area contributed by atoms with E-state index in [1.54, 1.807) is 13.4 Å². The van der Waals surface area contributed by atoms with E-state index in [0.29, 0.717) is 53.4 Å². The molecule has 10 nitrogen and oxygen atoms in total. The van der Waals surface area contributed by atoms with Gasteiger partial charge >= 0.3 is 0 Å². The fourth-order valence-electron chi connectivity index (χ4n) is 7.00. The van der Waals surface area contributed by atoms with E-state index in [2.05, 4.69) is 21.3 Å². The monoisotopic (exact) mass is 612 g/mol. The molecule has 1 aromatic carbocycles. The fraction of sp³-hybridized carbons (Fsp3) is 0.500. The number of nitrogens with zero attached hydrogens (tertiary/aromatic N) is 5. The van der Waals surface area contributed by atoms with Gasteiger partial charge in [-0.3, -0.25) is 4.79 Å². The molecule has 2 saturated carbocycles. The SMILES string of the molecule is BC(B)(B)Oc1ccc2cc(-c3nc4cc(C(=O)N5C[C@H]6CC[C@@H]5[C@@H]6N)cc(OC)c4n3CC[S+](C)[O-])n(CC3CC3)c2n1. The first-order valence-electron chi connectivity index (χ1n) is 15.6. The molecule has 2 bridgehead atoms. The van der Waals surface area contributed by atoms with Gasteiger partial charge in [0.15, 0.2) is 5.82 Å². The van der Waals surface area contributed by atoms with Gasteiger partial charge in [-0.2, -0.15) is 4.98 Å². The zero-order valence-electron chi connectivity index (χ0n) is 26.2. The van der Waals surface area contributed by atoms with Crippen molar-refractivity contribution in [1.82, 2.24) is 24.0 Å². The van der Waals surface area contributed by atoms with Crippen LogP contribution >= 0.6 is 0 Å². The summed E-state index contributed by atoms with van der Waals surface area (Å²) in [6.45, 7) is 2.01.